The summed E-state index contributed by atoms with van der Waals surface area (Å²) in [4.78, 5) is 29.8. The number of rotatable bonds is 3. The molecule has 7 heteroatoms. The standard InChI is InChI=1S/C26H29N3O3S/c1-15-11-22-20(16(2)14-26(3,4)28(22)5)12-17(15)13-21-23(30)27-25(33)29(24(21)31)18-7-9-19(32-6)10-8-18/h7-13,16H,14H2,1-6H3,(H,27,30,33)/b21-13+/t16-/m0/s1. The summed E-state index contributed by atoms with van der Waals surface area (Å²) < 4.78 is 5.19. The van der Waals surface area contributed by atoms with Crippen LogP contribution >= 0.6 is 12.2 Å². The van der Waals surface area contributed by atoms with Gasteiger partial charge in [0.25, 0.3) is 11.8 Å². The van der Waals surface area contributed by atoms with Crippen molar-refractivity contribution in [2.24, 2.45) is 0 Å². The van der Waals surface area contributed by atoms with E-state index in [1.54, 1.807) is 37.5 Å². The molecule has 1 fully saturated rings. The quantitative estimate of drug-likeness (QED) is 0.411. The van der Waals surface area contributed by atoms with E-state index in [-0.39, 0.29) is 16.2 Å². The lowest BCUT2D eigenvalue weighted by Crippen LogP contribution is -2.54. The third-order valence-corrected chi connectivity index (χ3v) is 7.04. The SMILES string of the molecule is COc1ccc(N2C(=O)/C(=C/c3cc4c(cc3C)N(C)C(C)(C)C[C@@H]4C)C(=O)NC2=S)cc1. The van der Waals surface area contributed by atoms with Crippen molar-refractivity contribution in [1.29, 1.82) is 0 Å². The Kier molecular flexibility index (Phi) is 5.78. The van der Waals surface area contributed by atoms with Crippen LogP contribution < -0.4 is 19.9 Å². The van der Waals surface area contributed by atoms with E-state index in [0.29, 0.717) is 17.4 Å². The molecule has 2 aromatic carbocycles. The van der Waals surface area contributed by atoms with Gasteiger partial charge in [-0.25, -0.2) is 0 Å². The number of nitrogens with zero attached hydrogens (tertiary/aromatic N) is 2. The van der Waals surface area contributed by atoms with Crippen LogP contribution in [-0.4, -0.2) is 36.6 Å². The van der Waals surface area contributed by atoms with E-state index >= 15 is 0 Å². The lowest BCUT2D eigenvalue weighted by molar-refractivity contribution is -0.122. The molecule has 2 aromatic rings. The number of hydrogen-bond acceptors (Lipinski definition) is 5. The molecule has 2 aliphatic heterocycles. The van der Waals surface area contributed by atoms with Crippen molar-refractivity contribution in [3.05, 3.63) is 58.7 Å². The van der Waals surface area contributed by atoms with Crippen LogP contribution in [0.25, 0.3) is 6.08 Å². The summed E-state index contributed by atoms with van der Waals surface area (Å²) in [5.74, 6) is 0.0969. The van der Waals surface area contributed by atoms with Crippen molar-refractivity contribution in [3.63, 3.8) is 0 Å². The first-order valence-electron chi connectivity index (χ1n) is 11.0. The predicted octanol–water partition coefficient (Wildman–Crippen LogP) is 4.56. The molecule has 1 saturated heterocycles. The fraction of sp³-hybridized carbons (Fsp3) is 0.346. The Labute approximate surface area is 200 Å². The Balaban J connectivity index is 1.75. The van der Waals surface area contributed by atoms with Gasteiger partial charge in [-0.2, -0.15) is 0 Å². The lowest BCUT2D eigenvalue weighted by Gasteiger charge is -2.45. The Bertz CT molecular complexity index is 1180. The number of carbonyl (C=O) groups is 2. The van der Waals surface area contributed by atoms with Gasteiger partial charge in [0.2, 0.25) is 0 Å². The number of ether oxygens (including phenoxy) is 1. The Morgan fingerprint density at radius 3 is 2.48 bits per heavy atom. The number of aryl methyl sites for hydroxylation is 1. The average molecular weight is 464 g/mol. The molecule has 0 aromatic heterocycles. The van der Waals surface area contributed by atoms with Gasteiger partial charge in [0.15, 0.2) is 5.11 Å². The molecule has 0 spiro atoms. The average Bonchev–Trinajstić information content (AvgIpc) is 2.75. The normalized spacial score (nSPS) is 21.2. The maximum atomic E-state index is 13.4. The summed E-state index contributed by atoms with van der Waals surface area (Å²) in [6, 6.07) is 11.2. The zero-order valence-corrected chi connectivity index (χ0v) is 20.7. The van der Waals surface area contributed by atoms with E-state index < -0.39 is 11.8 Å². The van der Waals surface area contributed by atoms with Crippen molar-refractivity contribution in [3.8, 4) is 5.75 Å². The number of hydrogen-bond donors (Lipinski definition) is 1. The highest BCUT2D eigenvalue weighted by Crippen LogP contribution is 2.43. The van der Waals surface area contributed by atoms with Crippen LogP contribution in [0.2, 0.25) is 0 Å². The molecule has 0 unspecified atom stereocenters. The molecule has 172 valence electrons. The van der Waals surface area contributed by atoms with Crippen LogP contribution in [0.5, 0.6) is 5.75 Å². The van der Waals surface area contributed by atoms with E-state index in [0.717, 1.165) is 17.5 Å². The molecule has 0 bridgehead atoms. The van der Waals surface area contributed by atoms with Crippen LogP contribution in [0.4, 0.5) is 11.4 Å². The van der Waals surface area contributed by atoms with Crippen LogP contribution in [-0.2, 0) is 9.59 Å². The first kappa shape index (κ1) is 23.0. The first-order chi connectivity index (χ1) is 15.5. The van der Waals surface area contributed by atoms with Crippen molar-refractivity contribution in [2.45, 2.75) is 45.6 Å². The van der Waals surface area contributed by atoms with Crippen LogP contribution in [0.1, 0.15) is 49.8 Å². The molecule has 0 aliphatic carbocycles. The van der Waals surface area contributed by atoms with Crippen molar-refractivity contribution in [1.82, 2.24) is 5.32 Å². The van der Waals surface area contributed by atoms with Crippen molar-refractivity contribution >= 4 is 46.6 Å². The van der Waals surface area contributed by atoms with Gasteiger partial charge in [-0.05, 0) is 104 Å². The van der Waals surface area contributed by atoms with E-state index in [9.17, 15) is 9.59 Å². The van der Waals surface area contributed by atoms with Crippen molar-refractivity contribution in [2.75, 3.05) is 24.0 Å². The third-order valence-electron chi connectivity index (χ3n) is 6.75. The second-order valence-corrected chi connectivity index (χ2v) is 9.79. The van der Waals surface area contributed by atoms with Gasteiger partial charge in [0.1, 0.15) is 11.3 Å². The number of fused-ring (bicyclic) bond motifs is 1. The number of nitrogens with one attached hydrogen (secondary N) is 1. The number of amides is 2. The summed E-state index contributed by atoms with van der Waals surface area (Å²) in [5, 5.41) is 2.72. The number of anilines is 2. The summed E-state index contributed by atoms with van der Waals surface area (Å²) in [6.07, 6.45) is 2.70. The van der Waals surface area contributed by atoms with Gasteiger partial charge in [0, 0.05) is 18.3 Å². The van der Waals surface area contributed by atoms with E-state index in [1.807, 2.05) is 6.92 Å². The van der Waals surface area contributed by atoms with Crippen LogP contribution in [0.15, 0.2) is 42.0 Å². The predicted molar refractivity (Wildman–Crippen MR) is 136 cm³/mol. The van der Waals surface area contributed by atoms with Gasteiger partial charge in [-0.3, -0.25) is 19.8 Å². The van der Waals surface area contributed by atoms with Gasteiger partial charge >= 0.3 is 0 Å². The molecule has 6 nitrogen and oxygen atoms in total. The highest BCUT2D eigenvalue weighted by atomic mass is 32.1. The largest absolute Gasteiger partial charge is 0.497 e. The lowest BCUT2D eigenvalue weighted by atomic mass is 9.79. The molecule has 33 heavy (non-hydrogen) atoms. The molecule has 2 amide bonds. The number of thiocarbonyl (C=S) groups is 1. The fourth-order valence-corrected chi connectivity index (χ4v) is 4.95. The molecule has 0 saturated carbocycles. The second kappa shape index (κ2) is 8.30. The molecule has 4 rings (SSSR count). The minimum Gasteiger partial charge on any atom is -0.497 e. The molecule has 1 N–H and O–H groups in total. The Hall–Kier alpha value is -3.19. The number of carbonyl (C=O) groups excluding carboxylic acids is 2. The molecular formula is C26H29N3O3S. The zero-order chi connectivity index (χ0) is 24.1. The maximum Gasteiger partial charge on any atom is 0.270 e. The number of benzene rings is 2. The third kappa shape index (κ3) is 4.02. The Morgan fingerprint density at radius 2 is 1.85 bits per heavy atom. The minimum atomic E-state index is -0.488. The van der Waals surface area contributed by atoms with Crippen LogP contribution in [0, 0.1) is 6.92 Å². The highest BCUT2D eigenvalue weighted by Gasteiger charge is 2.36. The van der Waals surface area contributed by atoms with Crippen LogP contribution in [0.3, 0.4) is 0 Å². The molecular weight excluding hydrogens is 434 g/mol. The topological polar surface area (TPSA) is 61.9 Å². The molecule has 2 aliphatic rings. The highest BCUT2D eigenvalue weighted by molar-refractivity contribution is 7.80. The van der Waals surface area contributed by atoms with Gasteiger partial charge in [-0.15, -0.1) is 0 Å². The van der Waals surface area contributed by atoms with Gasteiger partial charge < -0.3 is 9.64 Å². The summed E-state index contributed by atoms with van der Waals surface area (Å²) in [5.41, 5.74) is 4.96. The van der Waals surface area contributed by atoms with Gasteiger partial charge in [-0.1, -0.05) is 6.92 Å². The molecule has 2 heterocycles. The summed E-state index contributed by atoms with van der Waals surface area (Å²) >= 11 is 5.31. The Morgan fingerprint density at radius 1 is 1.18 bits per heavy atom. The van der Waals surface area contributed by atoms with E-state index in [2.05, 4.69) is 50.2 Å². The molecule has 0 radical (unpaired) electrons. The monoisotopic (exact) mass is 463 g/mol. The maximum absolute atomic E-state index is 13.4. The van der Waals surface area contributed by atoms with E-state index in [1.165, 1.54) is 16.2 Å². The van der Waals surface area contributed by atoms with E-state index in [4.69, 9.17) is 17.0 Å². The van der Waals surface area contributed by atoms with Crippen molar-refractivity contribution < 1.29 is 14.3 Å². The summed E-state index contributed by atoms with van der Waals surface area (Å²) in [6.45, 7) is 8.73. The fourth-order valence-electron chi connectivity index (χ4n) is 4.67. The van der Waals surface area contributed by atoms with Gasteiger partial charge in [0.05, 0.1) is 12.8 Å². The molecule has 1 atom stereocenters. The smallest absolute Gasteiger partial charge is 0.270 e. The zero-order valence-electron chi connectivity index (χ0n) is 19.9. The minimum absolute atomic E-state index is 0.0552. The second-order valence-electron chi connectivity index (χ2n) is 9.40. The summed E-state index contributed by atoms with van der Waals surface area (Å²) in [7, 11) is 3.70. The first-order valence-corrected chi connectivity index (χ1v) is 11.4. The number of methoxy groups -OCH3 is 1.